The largest absolute Gasteiger partial charge is 0.0906 e. The van der Waals surface area contributed by atoms with Gasteiger partial charge in [0.2, 0.25) is 0 Å². The van der Waals surface area contributed by atoms with Crippen LogP contribution >= 0.6 is 0 Å². The Morgan fingerprint density at radius 2 is 1.00 bits per heavy atom. The van der Waals surface area contributed by atoms with Crippen molar-refractivity contribution in [2.45, 2.75) is 0 Å². The van der Waals surface area contributed by atoms with Gasteiger partial charge in [-0.1, -0.05) is 67.2 Å². The topological polar surface area (TPSA) is 0 Å². The van der Waals surface area contributed by atoms with Crippen LogP contribution < -0.4 is 0 Å². The van der Waals surface area contributed by atoms with E-state index in [0.717, 1.165) is 5.57 Å². The molecule has 15 heavy (non-hydrogen) atoms. The Labute approximate surface area is 113 Å². The summed E-state index contributed by atoms with van der Waals surface area (Å²) in [7, 11) is 0. The van der Waals surface area contributed by atoms with Gasteiger partial charge in [0.15, 0.2) is 0 Å². The fourth-order valence-corrected chi connectivity index (χ4v) is 1.45. The monoisotopic (exact) mass is 203 g/mol. The van der Waals surface area contributed by atoms with Gasteiger partial charge < -0.3 is 0 Å². The SMILES string of the molecule is C=C(c1ccccc1)c1ccccc1.[Na]. The molecule has 0 nitrogen and oxygen atoms in total. The van der Waals surface area contributed by atoms with Gasteiger partial charge in [-0.3, -0.25) is 0 Å². The van der Waals surface area contributed by atoms with Gasteiger partial charge in [-0.2, -0.15) is 0 Å². The van der Waals surface area contributed by atoms with E-state index in [9.17, 15) is 0 Å². The minimum absolute atomic E-state index is 0. The first-order chi connectivity index (χ1) is 6.88. The van der Waals surface area contributed by atoms with Gasteiger partial charge in [0, 0.05) is 29.6 Å². The Kier molecular flexibility index (Phi) is 4.83. The predicted molar refractivity (Wildman–Crippen MR) is 66.8 cm³/mol. The Bertz CT molecular complexity index is 376. The molecular formula is C14H12Na. The van der Waals surface area contributed by atoms with Gasteiger partial charge in [0.05, 0.1) is 0 Å². The first-order valence-electron chi connectivity index (χ1n) is 4.67. The minimum atomic E-state index is 0. The zero-order valence-corrected chi connectivity index (χ0v) is 11.0. The van der Waals surface area contributed by atoms with E-state index in [1.165, 1.54) is 11.1 Å². The zero-order chi connectivity index (χ0) is 9.80. The standard InChI is InChI=1S/C14H12.Na/c1-12(13-8-4-2-5-9-13)14-10-6-3-7-11-14;/h2-11H,1H2;. The molecule has 0 saturated heterocycles. The molecule has 0 fully saturated rings. The molecule has 69 valence electrons. The van der Waals surface area contributed by atoms with Crippen LogP contribution in [0.25, 0.3) is 5.57 Å². The molecule has 0 aromatic heterocycles. The van der Waals surface area contributed by atoms with E-state index >= 15 is 0 Å². The van der Waals surface area contributed by atoms with Crippen molar-refractivity contribution in [1.82, 2.24) is 0 Å². The third kappa shape index (κ3) is 3.07. The van der Waals surface area contributed by atoms with Crippen molar-refractivity contribution in [3.05, 3.63) is 78.4 Å². The minimum Gasteiger partial charge on any atom is -0.0906 e. The van der Waals surface area contributed by atoms with Crippen molar-refractivity contribution >= 4 is 35.1 Å². The fourth-order valence-electron chi connectivity index (χ4n) is 1.45. The maximum Gasteiger partial charge on any atom is 0 e. The third-order valence-corrected chi connectivity index (χ3v) is 2.24. The molecule has 2 rings (SSSR count). The summed E-state index contributed by atoms with van der Waals surface area (Å²) >= 11 is 0. The normalized spacial score (nSPS) is 9.07. The van der Waals surface area contributed by atoms with Gasteiger partial charge in [0.25, 0.3) is 0 Å². The Balaban J connectivity index is 0.00000112. The Hall–Kier alpha value is -0.820. The van der Waals surface area contributed by atoms with Crippen molar-refractivity contribution in [2.75, 3.05) is 0 Å². The average Bonchev–Trinajstić information content (AvgIpc) is 2.30. The van der Waals surface area contributed by atoms with Crippen LogP contribution in [0.4, 0.5) is 0 Å². The van der Waals surface area contributed by atoms with E-state index in [-0.39, 0.29) is 29.6 Å². The molecule has 0 amide bonds. The maximum absolute atomic E-state index is 4.10. The second-order valence-electron chi connectivity index (χ2n) is 3.21. The van der Waals surface area contributed by atoms with Crippen molar-refractivity contribution in [3.63, 3.8) is 0 Å². The van der Waals surface area contributed by atoms with Gasteiger partial charge in [-0.15, -0.1) is 0 Å². The molecule has 0 aliphatic rings. The van der Waals surface area contributed by atoms with Gasteiger partial charge in [-0.25, -0.2) is 0 Å². The smallest absolute Gasteiger partial charge is 0 e. The zero-order valence-electron chi connectivity index (χ0n) is 8.98. The number of hydrogen-bond acceptors (Lipinski definition) is 0. The Morgan fingerprint density at radius 1 is 0.667 bits per heavy atom. The summed E-state index contributed by atoms with van der Waals surface area (Å²) in [5.41, 5.74) is 3.43. The number of benzene rings is 2. The first-order valence-corrected chi connectivity index (χ1v) is 4.67. The van der Waals surface area contributed by atoms with Crippen LogP contribution in [0.5, 0.6) is 0 Å². The third-order valence-electron chi connectivity index (χ3n) is 2.24. The van der Waals surface area contributed by atoms with Crippen LogP contribution in [0, 0.1) is 0 Å². The summed E-state index contributed by atoms with van der Waals surface area (Å²) < 4.78 is 0. The van der Waals surface area contributed by atoms with Crippen LogP contribution in [0.1, 0.15) is 11.1 Å². The van der Waals surface area contributed by atoms with Crippen LogP contribution in [0.3, 0.4) is 0 Å². The fraction of sp³-hybridized carbons (Fsp3) is 0. The molecule has 2 aromatic rings. The van der Waals surface area contributed by atoms with Crippen molar-refractivity contribution in [2.24, 2.45) is 0 Å². The average molecular weight is 203 g/mol. The van der Waals surface area contributed by atoms with E-state index in [4.69, 9.17) is 0 Å². The van der Waals surface area contributed by atoms with E-state index in [1.807, 2.05) is 36.4 Å². The summed E-state index contributed by atoms with van der Waals surface area (Å²) in [5.74, 6) is 0. The van der Waals surface area contributed by atoms with E-state index < -0.39 is 0 Å². The van der Waals surface area contributed by atoms with Crippen LogP contribution in [0.15, 0.2) is 67.2 Å². The molecule has 0 saturated carbocycles. The molecule has 0 atom stereocenters. The molecule has 2 aromatic carbocycles. The van der Waals surface area contributed by atoms with Crippen molar-refractivity contribution in [1.29, 1.82) is 0 Å². The molecule has 0 aliphatic carbocycles. The molecule has 0 heterocycles. The summed E-state index contributed by atoms with van der Waals surface area (Å²) in [6.45, 7) is 4.10. The van der Waals surface area contributed by atoms with Crippen LogP contribution in [-0.2, 0) is 0 Å². The summed E-state index contributed by atoms with van der Waals surface area (Å²) in [6, 6.07) is 20.5. The van der Waals surface area contributed by atoms with Gasteiger partial charge in [0.1, 0.15) is 0 Å². The van der Waals surface area contributed by atoms with E-state index in [2.05, 4.69) is 30.8 Å². The molecule has 0 N–H and O–H groups in total. The van der Waals surface area contributed by atoms with Crippen molar-refractivity contribution < 1.29 is 0 Å². The molecule has 0 bridgehead atoms. The molecule has 0 spiro atoms. The van der Waals surface area contributed by atoms with Crippen LogP contribution in [0.2, 0.25) is 0 Å². The van der Waals surface area contributed by atoms with E-state index in [1.54, 1.807) is 0 Å². The van der Waals surface area contributed by atoms with Crippen LogP contribution in [-0.4, -0.2) is 29.6 Å². The second-order valence-corrected chi connectivity index (χ2v) is 3.21. The quantitative estimate of drug-likeness (QED) is 0.656. The molecule has 1 heteroatoms. The van der Waals surface area contributed by atoms with Crippen molar-refractivity contribution in [3.8, 4) is 0 Å². The molecular weight excluding hydrogens is 191 g/mol. The Morgan fingerprint density at radius 3 is 1.33 bits per heavy atom. The van der Waals surface area contributed by atoms with Gasteiger partial charge in [-0.05, 0) is 16.7 Å². The maximum atomic E-state index is 4.10. The summed E-state index contributed by atoms with van der Waals surface area (Å²) in [5, 5.41) is 0. The summed E-state index contributed by atoms with van der Waals surface area (Å²) in [4.78, 5) is 0. The molecule has 1 radical (unpaired) electrons. The number of rotatable bonds is 2. The van der Waals surface area contributed by atoms with Gasteiger partial charge >= 0.3 is 0 Å². The molecule has 0 unspecified atom stereocenters. The van der Waals surface area contributed by atoms with E-state index in [0.29, 0.717) is 0 Å². The summed E-state index contributed by atoms with van der Waals surface area (Å²) in [6.07, 6.45) is 0. The first kappa shape index (κ1) is 12.3. The number of hydrogen-bond donors (Lipinski definition) is 0. The molecule has 0 aliphatic heterocycles. The predicted octanol–water partition coefficient (Wildman–Crippen LogP) is 3.37. The second kappa shape index (κ2) is 5.92.